The van der Waals surface area contributed by atoms with Gasteiger partial charge in [0, 0.05) is 11.1 Å². The molecule has 0 saturated carbocycles. The maximum Gasteiger partial charge on any atom is 0.257 e. The molecule has 0 aliphatic heterocycles. The minimum Gasteiger partial charge on any atom is -0.494 e. The fourth-order valence-electron chi connectivity index (χ4n) is 1.42. The van der Waals surface area contributed by atoms with Crippen LogP contribution >= 0.6 is 12.2 Å². The van der Waals surface area contributed by atoms with Crippen molar-refractivity contribution >= 4 is 23.2 Å². The molecular weight excluding hydrogens is 260 g/mol. The minimum atomic E-state index is -0.232. The summed E-state index contributed by atoms with van der Waals surface area (Å²) in [6.07, 6.45) is 0. The maximum atomic E-state index is 11.9. The highest BCUT2D eigenvalue weighted by atomic mass is 32.1. The Balaban J connectivity index is 2.60. The van der Waals surface area contributed by atoms with Gasteiger partial charge in [-0.05, 0) is 64.2 Å². The Morgan fingerprint density at radius 1 is 1.26 bits per heavy atom. The topological polar surface area (TPSA) is 50.4 Å². The zero-order valence-corrected chi connectivity index (χ0v) is 12.6. The third-order valence-corrected chi connectivity index (χ3v) is 2.35. The first kappa shape index (κ1) is 15.4. The molecule has 0 aromatic heterocycles. The van der Waals surface area contributed by atoms with E-state index in [4.69, 9.17) is 17.0 Å². The SMILES string of the molecule is CCOc1ccc(C(=O)NC(=S)NC(C)(C)C)cc1. The molecule has 0 unspecified atom stereocenters. The lowest BCUT2D eigenvalue weighted by Crippen LogP contribution is -2.48. The van der Waals surface area contributed by atoms with Crippen molar-refractivity contribution in [1.29, 1.82) is 0 Å². The Kier molecular flexibility index (Phi) is 5.30. The standard InChI is InChI=1S/C14H20N2O2S/c1-5-18-11-8-6-10(7-9-11)12(17)15-13(19)16-14(2,3)4/h6-9H,5H2,1-4H3,(H2,15,16,17,19). The van der Waals surface area contributed by atoms with Gasteiger partial charge in [0.1, 0.15) is 5.75 Å². The van der Waals surface area contributed by atoms with Gasteiger partial charge in [-0.15, -0.1) is 0 Å². The number of amides is 1. The molecule has 0 spiro atoms. The number of benzene rings is 1. The summed E-state index contributed by atoms with van der Waals surface area (Å²) in [5, 5.41) is 6.00. The highest BCUT2D eigenvalue weighted by Gasteiger charge is 2.13. The summed E-state index contributed by atoms with van der Waals surface area (Å²) in [6.45, 7) is 8.44. The molecule has 0 aliphatic rings. The third kappa shape index (κ3) is 5.70. The molecule has 0 bridgehead atoms. The Morgan fingerprint density at radius 3 is 2.32 bits per heavy atom. The van der Waals surface area contributed by atoms with Crippen LogP contribution in [0.2, 0.25) is 0 Å². The van der Waals surface area contributed by atoms with Crippen LogP contribution in [0.4, 0.5) is 0 Å². The predicted molar refractivity (Wildman–Crippen MR) is 80.6 cm³/mol. The van der Waals surface area contributed by atoms with Crippen molar-refractivity contribution in [3.05, 3.63) is 29.8 Å². The molecule has 19 heavy (non-hydrogen) atoms. The molecule has 1 rings (SSSR count). The van der Waals surface area contributed by atoms with Gasteiger partial charge in [-0.3, -0.25) is 10.1 Å². The fourth-order valence-corrected chi connectivity index (χ4v) is 1.82. The molecule has 1 aromatic carbocycles. The van der Waals surface area contributed by atoms with Gasteiger partial charge in [0.05, 0.1) is 6.61 Å². The summed E-state index contributed by atoms with van der Waals surface area (Å²) in [5.41, 5.74) is 0.366. The summed E-state index contributed by atoms with van der Waals surface area (Å²) < 4.78 is 5.32. The highest BCUT2D eigenvalue weighted by molar-refractivity contribution is 7.80. The van der Waals surface area contributed by atoms with Crippen LogP contribution in [0.1, 0.15) is 38.1 Å². The number of rotatable bonds is 3. The molecule has 2 N–H and O–H groups in total. The average Bonchev–Trinajstić information content (AvgIpc) is 2.27. The van der Waals surface area contributed by atoms with Crippen molar-refractivity contribution in [3.63, 3.8) is 0 Å². The van der Waals surface area contributed by atoms with Crippen LogP contribution in [0.5, 0.6) is 5.75 Å². The lowest BCUT2D eigenvalue weighted by Gasteiger charge is -2.22. The first-order chi connectivity index (χ1) is 8.81. The molecule has 1 aromatic rings. The second-order valence-corrected chi connectivity index (χ2v) is 5.52. The summed E-state index contributed by atoms with van der Waals surface area (Å²) in [5.74, 6) is 0.513. The van der Waals surface area contributed by atoms with Gasteiger partial charge < -0.3 is 10.1 Å². The monoisotopic (exact) mass is 280 g/mol. The Bertz CT molecular complexity index is 450. The van der Waals surface area contributed by atoms with Crippen molar-refractivity contribution in [3.8, 4) is 5.75 Å². The van der Waals surface area contributed by atoms with Crippen LogP contribution in [-0.4, -0.2) is 23.2 Å². The number of ether oxygens (including phenoxy) is 1. The molecule has 0 fully saturated rings. The largest absolute Gasteiger partial charge is 0.494 e. The van der Waals surface area contributed by atoms with Gasteiger partial charge in [0.2, 0.25) is 0 Å². The summed E-state index contributed by atoms with van der Waals surface area (Å²) in [7, 11) is 0. The van der Waals surface area contributed by atoms with E-state index in [1.807, 2.05) is 27.7 Å². The molecule has 0 aliphatic carbocycles. The van der Waals surface area contributed by atoms with E-state index < -0.39 is 0 Å². The molecule has 1 amide bonds. The smallest absolute Gasteiger partial charge is 0.257 e. The first-order valence-electron chi connectivity index (χ1n) is 6.18. The number of hydrogen-bond acceptors (Lipinski definition) is 3. The normalized spacial score (nSPS) is 10.7. The van der Waals surface area contributed by atoms with Gasteiger partial charge in [0.25, 0.3) is 5.91 Å². The number of carbonyl (C=O) groups is 1. The minimum absolute atomic E-state index is 0.177. The molecule has 104 valence electrons. The van der Waals surface area contributed by atoms with E-state index >= 15 is 0 Å². The molecule has 0 radical (unpaired) electrons. The lowest BCUT2D eigenvalue weighted by molar-refractivity contribution is 0.0976. The molecule has 4 nitrogen and oxygen atoms in total. The number of thiocarbonyl (C=S) groups is 1. The van der Waals surface area contributed by atoms with Crippen molar-refractivity contribution in [2.24, 2.45) is 0 Å². The van der Waals surface area contributed by atoms with Crippen LogP contribution in [0.3, 0.4) is 0 Å². The van der Waals surface area contributed by atoms with Crippen LogP contribution < -0.4 is 15.4 Å². The molecule has 0 saturated heterocycles. The van der Waals surface area contributed by atoms with Gasteiger partial charge in [0.15, 0.2) is 5.11 Å². The van der Waals surface area contributed by atoms with Crippen LogP contribution in [0.15, 0.2) is 24.3 Å². The first-order valence-corrected chi connectivity index (χ1v) is 6.59. The van der Waals surface area contributed by atoms with E-state index in [0.29, 0.717) is 17.3 Å². The van der Waals surface area contributed by atoms with E-state index in [1.54, 1.807) is 24.3 Å². The van der Waals surface area contributed by atoms with Crippen molar-refractivity contribution in [2.75, 3.05) is 6.61 Å². The summed E-state index contributed by atoms with van der Waals surface area (Å²) >= 11 is 5.08. The van der Waals surface area contributed by atoms with E-state index in [2.05, 4.69) is 10.6 Å². The quantitative estimate of drug-likeness (QED) is 0.835. The number of carbonyl (C=O) groups excluding carboxylic acids is 1. The van der Waals surface area contributed by atoms with Crippen LogP contribution in [-0.2, 0) is 0 Å². The zero-order valence-electron chi connectivity index (χ0n) is 11.7. The Morgan fingerprint density at radius 2 is 1.84 bits per heavy atom. The van der Waals surface area contributed by atoms with Crippen LogP contribution in [0, 0.1) is 0 Å². The second-order valence-electron chi connectivity index (χ2n) is 5.12. The van der Waals surface area contributed by atoms with Crippen molar-refractivity contribution < 1.29 is 9.53 Å². The molecule has 0 heterocycles. The van der Waals surface area contributed by atoms with Gasteiger partial charge >= 0.3 is 0 Å². The van der Waals surface area contributed by atoms with Crippen molar-refractivity contribution in [2.45, 2.75) is 33.2 Å². The van der Waals surface area contributed by atoms with Crippen LogP contribution in [0.25, 0.3) is 0 Å². The second kappa shape index (κ2) is 6.52. The van der Waals surface area contributed by atoms with E-state index in [1.165, 1.54) is 0 Å². The predicted octanol–water partition coefficient (Wildman–Crippen LogP) is 2.49. The number of nitrogens with one attached hydrogen (secondary N) is 2. The Hall–Kier alpha value is -1.62. The Labute approximate surface area is 119 Å². The van der Waals surface area contributed by atoms with Crippen molar-refractivity contribution in [1.82, 2.24) is 10.6 Å². The number of hydrogen-bond donors (Lipinski definition) is 2. The maximum absolute atomic E-state index is 11.9. The highest BCUT2D eigenvalue weighted by Crippen LogP contribution is 2.11. The van der Waals surface area contributed by atoms with Gasteiger partial charge in [-0.1, -0.05) is 0 Å². The van der Waals surface area contributed by atoms with Gasteiger partial charge in [-0.25, -0.2) is 0 Å². The molecular formula is C14H20N2O2S. The summed E-state index contributed by atoms with van der Waals surface area (Å²) in [4.78, 5) is 11.9. The van der Waals surface area contributed by atoms with E-state index in [9.17, 15) is 4.79 Å². The zero-order chi connectivity index (χ0) is 14.5. The fraction of sp³-hybridized carbons (Fsp3) is 0.429. The van der Waals surface area contributed by atoms with E-state index in [0.717, 1.165) is 5.75 Å². The lowest BCUT2D eigenvalue weighted by atomic mass is 10.1. The molecule has 5 heteroatoms. The van der Waals surface area contributed by atoms with Gasteiger partial charge in [-0.2, -0.15) is 0 Å². The third-order valence-electron chi connectivity index (χ3n) is 2.14. The molecule has 0 atom stereocenters. The average molecular weight is 280 g/mol. The van der Waals surface area contributed by atoms with E-state index in [-0.39, 0.29) is 11.4 Å². The summed E-state index contributed by atoms with van der Waals surface area (Å²) in [6, 6.07) is 6.94.